The van der Waals surface area contributed by atoms with Gasteiger partial charge in [0, 0.05) is 0 Å². The molecule has 3 rings (SSSR count). The number of nitrogens with one attached hydrogen (secondary N) is 1. The van der Waals surface area contributed by atoms with Gasteiger partial charge in [-0.3, -0.25) is 4.79 Å². The summed E-state index contributed by atoms with van der Waals surface area (Å²) in [5.41, 5.74) is 0.651. The van der Waals surface area contributed by atoms with E-state index in [1.807, 2.05) is 54.6 Å². The number of carbonyl (C=O) groups excluding carboxylic acids is 1. The summed E-state index contributed by atoms with van der Waals surface area (Å²) in [5.74, 6) is 0.709. The molecule has 0 saturated carbocycles. The van der Waals surface area contributed by atoms with Crippen molar-refractivity contribution in [1.29, 1.82) is 0 Å². The fourth-order valence-electron chi connectivity index (χ4n) is 2.91. The Hall–Kier alpha value is -2.33. The van der Waals surface area contributed by atoms with Gasteiger partial charge in [-0.15, -0.1) is 0 Å². The Morgan fingerprint density at radius 1 is 1.22 bits per heavy atom. The molecule has 0 radical (unpaired) electrons. The van der Waals surface area contributed by atoms with E-state index < -0.39 is 5.60 Å². The van der Waals surface area contributed by atoms with Gasteiger partial charge in [-0.25, -0.2) is 0 Å². The zero-order chi connectivity index (χ0) is 16.3. The third-order valence-electron chi connectivity index (χ3n) is 4.14. The first-order valence-corrected chi connectivity index (χ1v) is 7.82. The molecule has 0 spiro atoms. The number of aliphatic hydroxyl groups is 1. The molecule has 2 N–H and O–H groups in total. The molecule has 2 atom stereocenters. The predicted octanol–water partition coefficient (Wildman–Crippen LogP) is 2.40. The van der Waals surface area contributed by atoms with Gasteiger partial charge < -0.3 is 15.2 Å². The highest BCUT2D eigenvalue weighted by atomic mass is 16.5. The lowest BCUT2D eigenvalue weighted by atomic mass is 9.92. The van der Waals surface area contributed by atoms with E-state index in [2.05, 4.69) is 5.32 Å². The summed E-state index contributed by atoms with van der Waals surface area (Å²) in [6.45, 7) is 2.12. The zero-order valence-electron chi connectivity index (χ0n) is 13.2. The number of carbonyl (C=O) groups is 1. The molecule has 0 fully saturated rings. The standard InChI is InChI=1S/C19H21NO3/c1-19(22,15-8-3-2-4-9-15)12-18(21)20-16-11-14-7-5-6-10-17(14)23-13-16/h2-10,16,22H,11-13H2,1H3,(H,20,21). The maximum atomic E-state index is 12.3. The maximum Gasteiger partial charge on any atom is 0.223 e. The summed E-state index contributed by atoms with van der Waals surface area (Å²) in [5, 5.41) is 13.5. The average Bonchev–Trinajstić information content (AvgIpc) is 2.55. The zero-order valence-corrected chi connectivity index (χ0v) is 13.2. The number of hydrogen-bond acceptors (Lipinski definition) is 3. The van der Waals surface area contributed by atoms with Gasteiger partial charge in [-0.05, 0) is 30.5 Å². The Kier molecular flexibility index (Phi) is 4.35. The molecule has 1 amide bonds. The summed E-state index contributed by atoms with van der Waals surface area (Å²) >= 11 is 0. The first kappa shape index (κ1) is 15.6. The van der Waals surface area contributed by atoms with Crippen LogP contribution in [-0.2, 0) is 16.8 Å². The SMILES string of the molecule is CC(O)(CC(=O)NC1COc2ccccc2C1)c1ccccc1. The van der Waals surface area contributed by atoms with Gasteiger partial charge in [0.1, 0.15) is 12.4 Å². The van der Waals surface area contributed by atoms with Gasteiger partial charge in [0.05, 0.1) is 18.1 Å². The molecule has 23 heavy (non-hydrogen) atoms. The van der Waals surface area contributed by atoms with E-state index in [4.69, 9.17) is 4.74 Å². The lowest BCUT2D eigenvalue weighted by molar-refractivity contribution is -0.126. The van der Waals surface area contributed by atoms with Gasteiger partial charge in [0.15, 0.2) is 0 Å². The van der Waals surface area contributed by atoms with Crippen molar-refractivity contribution < 1.29 is 14.6 Å². The van der Waals surface area contributed by atoms with Gasteiger partial charge in [-0.1, -0.05) is 48.5 Å². The summed E-state index contributed by atoms with van der Waals surface area (Å²) in [4.78, 5) is 12.3. The van der Waals surface area contributed by atoms with E-state index in [9.17, 15) is 9.90 Å². The van der Waals surface area contributed by atoms with E-state index in [1.54, 1.807) is 6.92 Å². The summed E-state index contributed by atoms with van der Waals surface area (Å²) < 4.78 is 5.67. The first-order chi connectivity index (χ1) is 11.0. The fraction of sp³-hybridized carbons (Fsp3) is 0.316. The molecule has 1 aliphatic rings. The molecule has 2 aromatic rings. The molecule has 0 saturated heterocycles. The number of amides is 1. The Labute approximate surface area is 136 Å². The van der Waals surface area contributed by atoms with Crippen molar-refractivity contribution in [3.05, 3.63) is 65.7 Å². The van der Waals surface area contributed by atoms with Crippen LogP contribution in [0.1, 0.15) is 24.5 Å². The smallest absolute Gasteiger partial charge is 0.223 e. The van der Waals surface area contributed by atoms with Crippen LogP contribution in [0, 0.1) is 0 Å². The van der Waals surface area contributed by atoms with Crippen LogP contribution in [0.2, 0.25) is 0 Å². The topological polar surface area (TPSA) is 58.6 Å². The van der Waals surface area contributed by atoms with Gasteiger partial charge >= 0.3 is 0 Å². The van der Waals surface area contributed by atoms with Gasteiger partial charge in [0.2, 0.25) is 5.91 Å². The molecule has 4 nitrogen and oxygen atoms in total. The van der Waals surface area contributed by atoms with Crippen molar-refractivity contribution in [2.75, 3.05) is 6.61 Å². The van der Waals surface area contributed by atoms with E-state index in [-0.39, 0.29) is 18.4 Å². The minimum atomic E-state index is -1.18. The minimum absolute atomic E-state index is 0.0230. The number of benzene rings is 2. The summed E-state index contributed by atoms with van der Waals surface area (Å²) in [6.07, 6.45) is 0.768. The number of fused-ring (bicyclic) bond motifs is 1. The van der Waals surface area contributed by atoms with Crippen molar-refractivity contribution in [1.82, 2.24) is 5.32 Å². The van der Waals surface area contributed by atoms with Crippen LogP contribution >= 0.6 is 0 Å². The van der Waals surface area contributed by atoms with E-state index in [0.717, 1.165) is 23.3 Å². The second-order valence-corrected chi connectivity index (χ2v) is 6.20. The molecule has 1 heterocycles. The Morgan fingerprint density at radius 2 is 1.91 bits per heavy atom. The highest BCUT2D eigenvalue weighted by molar-refractivity contribution is 5.77. The van der Waals surface area contributed by atoms with Crippen LogP contribution in [-0.4, -0.2) is 23.7 Å². The van der Waals surface area contributed by atoms with Crippen LogP contribution in [0.5, 0.6) is 5.75 Å². The molecular weight excluding hydrogens is 290 g/mol. The monoisotopic (exact) mass is 311 g/mol. The third-order valence-corrected chi connectivity index (χ3v) is 4.14. The highest BCUT2D eigenvalue weighted by Gasteiger charge is 2.28. The molecule has 4 heteroatoms. The molecule has 2 aromatic carbocycles. The molecule has 0 aliphatic carbocycles. The Bertz CT molecular complexity index is 682. The number of para-hydroxylation sites is 1. The van der Waals surface area contributed by atoms with Crippen molar-refractivity contribution >= 4 is 5.91 Å². The first-order valence-electron chi connectivity index (χ1n) is 7.82. The number of hydrogen-bond donors (Lipinski definition) is 2. The Morgan fingerprint density at radius 3 is 2.70 bits per heavy atom. The third kappa shape index (κ3) is 3.71. The van der Waals surface area contributed by atoms with E-state index >= 15 is 0 Å². The van der Waals surface area contributed by atoms with Gasteiger partial charge in [0.25, 0.3) is 0 Å². The van der Waals surface area contributed by atoms with Crippen molar-refractivity contribution in [2.45, 2.75) is 31.4 Å². The normalized spacial score (nSPS) is 19.1. The minimum Gasteiger partial charge on any atom is -0.491 e. The van der Waals surface area contributed by atoms with Crippen molar-refractivity contribution in [2.24, 2.45) is 0 Å². The average molecular weight is 311 g/mol. The fourth-order valence-corrected chi connectivity index (χ4v) is 2.91. The molecular formula is C19H21NO3. The number of ether oxygens (including phenoxy) is 1. The summed E-state index contributed by atoms with van der Waals surface area (Å²) in [7, 11) is 0. The quantitative estimate of drug-likeness (QED) is 0.911. The lowest BCUT2D eigenvalue weighted by Crippen LogP contribution is -2.44. The molecule has 0 bridgehead atoms. The van der Waals surface area contributed by atoms with Crippen LogP contribution in [0.15, 0.2) is 54.6 Å². The van der Waals surface area contributed by atoms with E-state index in [1.165, 1.54) is 0 Å². The van der Waals surface area contributed by atoms with Crippen LogP contribution < -0.4 is 10.1 Å². The van der Waals surface area contributed by atoms with Crippen molar-refractivity contribution in [3.63, 3.8) is 0 Å². The van der Waals surface area contributed by atoms with E-state index in [0.29, 0.717) is 6.61 Å². The molecule has 0 aromatic heterocycles. The van der Waals surface area contributed by atoms with Crippen molar-refractivity contribution in [3.8, 4) is 5.75 Å². The molecule has 2 unspecified atom stereocenters. The van der Waals surface area contributed by atoms with Crippen LogP contribution in [0.4, 0.5) is 0 Å². The highest BCUT2D eigenvalue weighted by Crippen LogP contribution is 2.26. The molecule has 120 valence electrons. The van der Waals surface area contributed by atoms with Crippen LogP contribution in [0.25, 0.3) is 0 Å². The second-order valence-electron chi connectivity index (χ2n) is 6.20. The number of rotatable bonds is 4. The van der Waals surface area contributed by atoms with Crippen LogP contribution in [0.3, 0.4) is 0 Å². The second kappa shape index (κ2) is 6.42. The predicted molar refractivity (Wildman–Crippen MR) is 88.2 cm³/mol. The Balaban J connectivity index is 1.60. The summed E-state index contributed by atoms with van der Waals surface area (Å²) in [6, 6.07) is 17.0. The largest absolute Gasteiger partial charge is 0.491 e. The molecule has 1 aliphatic heterocycles. The maximum absolute atomic E-state index is 12.3. The lowest BCUT2D eigenvalue weighted by Gasteiger charge is -2.28. The van der Waals surface area contributed by atoms with Gasteiger partial charge in [-0.2, -0.15) is 0 Å².